The number of rotatable bonds is 2. The number of nitrogens with two attached hydrogens (primary N) is 2. The van der Waals surface area contributed by atoms with Crippen LogP contribution < -0.4 is 11.5 Å². The van der Waals surface area contributed by atoms with Gasteiger partial charge >= 0.3 is 0 Å². The van der Waals surface area contributed by atoms with Crippen molar-refractivity contribution in [3.05, 3.63) is 11.8 Å². The van der Waals surface area contributed by atoms with Gasteiger partial charge in [0, 0.05) is 11.1 Å². The Morgan fingerprint density at radius 2 is 1.77 bits per heavy atom. The maximum Gasteiger partial charge on any atom is 0.0979 e. The van der Waals surface area contributed by atoms with Crippen molar-refractivity contribution in [3.8, 4) is 0 Å². The minimum Gasteiger partial charge on any atom is -0.402 e. The molecule has 4 N–H and O–H groups in total. The van der Waals surface area contributed by atoms with Crippen molar-refractivity contribution in [2.24, 2.45) is 16.9 Å². The molecule has 1 saturated carbocycles. The molecule has 0 aromatic carbocycles. The minimum atomic E-state index is 0.141. The van der Waals surface area contributed by atoms with E-state index >= 15 is 0 Å². The molecule has 0 bridgehead atoms. The van der Waals surface area contributed by atoms with Gasteiger partial charge in [-0.3, -0.25) is 0 Å². The summed E-state index contributed by atoms with van der Waals surface area (Å²) in [5.74, 6) is 0. The van der Waals surface area contributed by atoms with E-state index in [9.17, 15) is 0 Å². The summed E-state index contributed by atoms with van der Waals surface area (Å²) in [6, 6.07) is 0. The maximum atomic E-state index is 5.98. The zero-order valence-corrected chi connectivity index (χ0v) is 8.99. The van der Waals surface area contributed by atoms with Crippen molar-refractivity contribution in [1.82, 2.24) is 0 Å². The fourth-order valence-corrected chi connectivity index (χ4v) is 2.08. The van der Waals surface area contributed by atoms with Crippen molar-refractivity contribution < 1.29 is 0 Å². The fraction of sp³-hybridized carbons (Fsp3) is 0.700. The van der Waals surface area contributed by atoms with Gasteiger partial charge in [-0.1, -0.05) is 38.4 Å². The zero-order chi connectivity index (χ0) is 9.90. The average Bonchev–Trinajstić information content (AvgIpc) is 2.04. The highest BCUT2D eigenvalue weighted by Gasteiger charge is 2.29. The van der Waals surface area contributed by atoms with Gasteiger partial charge in [-0.15, -0.1) is 0 Å². The Hall–Kier alpha value is -0.570. The monoisotopic (exact) mass is 198 g/mol. The third-order valence-electron chi connectivity index (χ3n) is 2.95. The molecule has 0 aromatic rings. The molecular weight excluding hydrogens is 180 g/mol. The number of thiocarbonyl (C=S) groups is 1. The quantitative estimate of drug-likeness (QED) is 0.527. The Bertz CT molecular complexity index is 227. The highest BCUT2D eigenvalue weighted by molar-refractivity contribution is 7.80. The summed E-state index contributed by atoms with van der Waals surface area (Å²) in [7, 11) is 0. The van der Waals surface area contributed by atoms with E-state index < -0.39 is 0 Å². The smallest absolute Gasteiger partial charge is 0.0979 e. The van der Waals surface area contributed by atoms with Crippen molar-refractivity contribution in [3.63, 3.8) is 0 Å². The highest BCUT2D eigenvalue weighted by Crippen LogP contribution is 2.39. The second-order valence-electron chi connectivity index (χ2n) is 4.12. The first-order chi connectivity index (χ1) is 6.04. The van der Waals surface area contributed by atoms with E-state index in [1.807, 2.05) is 0 Å². The fourth-order valence-electron chi connectivity index (χ4n) is 1.95. The zero-order valence-electron chi connectivity index (χ0n) is 8.18. The first-order valence-electron chi connectivity index (χ1n) is 4.82. The van der Waals surface area contributed by atoms with Gasteiger partial charge in [-0.2, -0.15) is 0 Å². The van der Waals surface area contributed by atoms with E-state index in [0.29, 0.717) is 4.99 Å². The molecule has 1 rings (SSSR count). The average molecular weight is 198 g/mol. The van der Waals surface area contributed by atoms with E-state index in [2.05, 4.69) is 6.92 Å². The molecule has 1 aliphatic rings. The first kappa shape index (κ1) is 10.5. The standard InChI is InChI=1S/C10H18N2S/c1-10(5-3-2-4-6-10)8(11)7-9(12)13/h7H,2-6,11H2,1H3,(H2,12,13)/b8-7+. The summed E-state index contributed by atoms with van der Waals surface area (Å²) in [6.45, 7) is 2.20. The molecule has 0 aliphatic heterocycles. The molecule has 1 aliphatic carbocycles. The molecule has 74 valence electrons. The summed E-state index contributed by atoms with van der Waals surface area (Å²) >= 11 is 4.81. The highest BCUT2D eigenvalue weighted by atomic mass is 32.1. The van der Waals surface area contributed by atoms with Gasteiger partial charge in [0.25, 0.3) is 0 Å². The van der Waals surface area contributed by atoms with E-state index in [1.54, 1.807) is 6.08 Å². The van der Waals surface area contributed by atoms with Crippen LogP contribution in [0.5, 0.6) is 0 Å². The van der Waals surface area contributed by atoms with Gasteiger partial charge in [0.2, 0.25) is 0 Å². The van der Waals surface area contributed by atoms with Gasteiger partial charge in [-0.25, -0.2) is 0 Å². The number of allylic oxidation sites excluding steroid dienone is 1. The van der Waals surface area contributed by atoms with Crippen LogP contribution in [0, 0.1) is 5.41 Å². The van der Waals surface area contributed by atoms with Crippen molar-refractivity contribution >= 4 is 17.2 Å². The van der Waals surface area contributed by atoms with Crippen LogP contribution in [0.1, 0.15) is 39.0 Å². The van der Waals surface area contributed by atoms with Crippen molar-refractivity contribution in [1.29, 1.82) is 0 Å². The third kappa shape index (κ3) is 2.69. The van der Waals surface area contributed by atoms with Crippen LogP contribution in [0.2, 0.25) is 0 Å². The summed E-state index contributed by atoms with van der Waals surface area (Å²) in [5, 5.41) is 0. The molecule has 0 radical (unpaired) electrons. The van der Waals surface area contributed by atoms with Crippen LogP contribution in [-0.2, 0) is 0 Å². The minimum absolute atomic E-state index is 0.141. The molecular formula is C10H18N2S. The molecule has 3 heteroatoms. The first-order valence-corrected chi connectivity index (χ1v) is 5.22. The van der Waals surface area contributed by atoms with Gasteiger partial charge in [0.05, 0.1) is 4.99 Å². The molecule has 0 aromatic heterocycles. The van der Waals surface area contributed by atoms with E-state index in [4.69, 9.17) is 23.7 Å². The number of hydrogen-bond acceptors (Lipinski definition) is 2. The Labute approximate surface area is 85.4 Å². The molecule has 0 spiro atoms. The summed E-state index contributed by atoms with van der Waals surface area (Å²) < 4.78 is 0. The van der Waals surface area contributed by atoms with Gasteiger partial charge in [0.15, 0.2) is 0 Å². The largest absolute Gasteiger partial charge is 0.402 e. The Morgan fingerprint density at radius 3 is 2.23 bits per heavy atom. The van der Waals surface area contributed by atoms with E-state index in [-0.39, 0.29) is 5.41 Å². The lowest BCUT2D eigenvalue weighted by Gasteiger charge is -2.34. The Morgan fingerprint density at radius 1 is 1.23 bits per heavy atom. The molecule has 0 saturated heterocycles. The molecule has 0 atom stereocenters. The lowest BCUT2D eigenvalue weighted by molar-refractivity contribution is 0.265. The molecule has 2 nitrogen and oxygen atoms in total. The normalized spacial score (nSPS) is 22.7. The second kappa shape index (κ2) is 4.09. The van der Waals surface area contributed by atoms with Crippen molar-refractivity contribution in [2.45, 2.75) is 39.0 Å². The summed E-state index contributed by atoms with van der Waals surface area (Å²) in [5.41, 5.74) is 12.4. The van der Waals surface area contributed by atoms with Crippen molar-refractivity contribution in [2.75, 3.05) is 0 Å². The van der Waals surface area contributed by atoms with Crippen LogP contribution in [0.25, 0.3) is 0 Å². The summed E-state index contributed by atoms with van der Waals surface area (Å²) in [6.07, 6.45) is 7.93. The topological polar surface area (TPSA) is 52.0 Å². The van der Waals surface area contributed by atoms with Crippen LogP contribution in [0.3, 0.4) is 0 Å². The van der Waals surface area contributed by atoms with E-state index in [0.717, 1.165) is 18.5 Å². The predicted octanol–water partition coefficient (Wildman–Crippen LogP) is 2.09. The predicted molar refractivity (Wildman–Crippen MR) is 60.2 cm³/mol. The molecule has 1 fully saturated rings. The molecule has 0 heterocycles. The molecule has 0 amide bonds. The maximum absolute atomic E-state index is 5.98. The second-order valence-corrected chi connectivity index (χ2v) is 4.59. The van der Waals surface area contributed by atoms with Crippen LogP contribution in [-0.4, -0.2) is 4.99 Å². The molecule has 13 heavy (non-hydrogen) atoms. The SMILES string of the molecule is CC1(/C(N)=C\C(N)=S)CCCCC1. The van der Waals surface area contributed by atoms with Crippen LogP contribution in [0.4, 0.5) is 0 Å². The number of hydrogen-bond donors (Lipinski definition) is 2. The third-order valence-corrected chi connectivity index (χ3v) is 3.07. The summed E-state index contributed by atoms with van der Waals surface area (Å²) in [4.78, 5) is 0.393. The van der Waals surface area contributed by atoms with Gasteiger partial charge < -0.3 is 11.5 Å². The van der Waals surface area contributed by atoms with Gasteiger partial charge in [-0.05, 0) is 18.9 Å². The van der Waals surface area contributed by atoms with Crippen LogP contribution >= 0.6 is 12.2 Å². The van der Waals surface area contributed by atoms with E-state index in [1.165, 1.54) is 19.3 Å². The molecule has 0 unspecified atom stereocenters. The Kier molecular flexibility index (Phi) is 3.31. The lowest BCUT2D eigenvalue weighted by Crippen LogP contribution is -2.28. The van der Waals surface area contributed by atoms with Crippen LogP contribution in [0.15, 0.2) is 11.8 Å². The van der Waals surface area contributed by atoms with Gasteiger partial charge in [0.1, 0.15) is 0 Å². The lowest BCUT2D eigenvalue weighted by atomic mass is 9.73. The Balaban J connectivity index is 2.72.